The lowest BCUT2D eigenvalue weighted by Gasteiger charge is -2.31. The number of carbonyl (C=O) groups excluding carboxylic acids is 2. The fourth-order valence-electron chi connectivity index (χ4n) is 2.13. The van der Waals surface area contributed by atoms with Gasteiger partial charge in [-0.3, -0.25) is 4.79 Å². The largest absolute Gasteiger partial charge is 0.460 e. The van der Waals surface area contributed by atoms with Gasteiger partial charge in [0.15, 0.2) is 5.78 Å². The van der Waals surface area contributed by atoms with Crippen LogP contribution in [0.2, 0.25) is 0 Å². The molecule has 0 rings (SSSR count). The van der Waals surface area contributed by atoms with E-state index in [1.807, 2.05) is 20.8 Å². The number of hydrogen-bond acceptors (Lipinski definition) is 4. The van der Waals surface area contributed by atoms with Gasteiger partial charge >= 0.3 is 5.97 Å². The standard InChI is InChI=1S/C18H32O4/c1-7-12-18(6,9-3)22-15(5)13-21-17(20)11-10-16(19)14(4)8-2/h10-11,14-15H,7-9,12-13H2,1-6H3/b11-10-. The summed E-state index contributed by atoms with van der Waals surface area (Å²) in [6.07, 6.45) is 6.04. The predicted molar refractivity (Wildman–Crippen MR) is 88.7 cm³/mol. The van der Waals surface area contributed by atoms with E-state index in [2.05, 4.69) is 20.8 Å². The van der Waals surface area contributed by atoms with Crippen molar-refractivity contribution < 1.29 is 19.1 Å². The summed E-state index contributed by atoms with van der Waals surface area (Å²) in [5.41, 5.74) is -0.178. The molecule has 22 heavy (non-hydrogen) atoms. The van der Waals surface area contributed by atoms with Crippen molar-refractivity contribution in [2.45, 2.75) is 78.9 Å². The molecule has 3 unspecified atom stereocenters. The fourth-order valence-corrected chi connectivity index (χ4v) is 2.13. The van der Waals surface area contributed by atoms with Crippen molar-refractivity contribution in [2.75, 3.05) is 6.61 Å². The number of ether oxygens (including phenoxy) is 2. The van der Waals surface area contributed by atoms with Gasteiger partial charge < -0.3 is 9.47 Å². The van der Waals surface area contributed by atoms with E-state index in [0.29, 0.717) is 0 Å². The summed E-state index contributed by atoms with van der Waals surface area (Å²) in [5, 5.41) is 0. The molecule has 0 bridgehead atoms. The fraction of sp³-hybridized carbons (Fsp3) is 0.778. The van der Waals surface area contributed by atoms with Crippen molar-refractivity contribution in [3.63, 3.8) is 0 Å². The minimum Gasteiger partial charge on any atom is -0.460 e. The van der Waals surface area contributed by atoms with Crippen molar-refractivity contribution in [3.05, 3.63) is 12.2 Å². The number of carbonyl (C=O) groups is 2. The molecule has 0 saturated heterocycles. The third kappa shape index (κ3) is 8.32. The number of allylic oxidation sites excluding steroid dienone is 1. The first-order valence-electron chi connectivity index (χ1n) is 8.34. The Labute approximate surface area is 135 Å². The molecule has 4 nitrogen and oxygen atoms in total. The molecule has 0 aliphatic carbocycles. The van der Waals surface area contributed by atoms with Crippen LogP contribution in [0.15, 0.2) is 12.2 Å². The van der Waals surface area contributed by atoms with Gasteiger partial charge in [0.2, 0.25) is 0 Å². The molecule has 128 valence electrons. The average Bonchev–Trinajstić information content (AvgIpc) is 2.49. The first-order valence-corrected chi connectivity index (χ1v) is 8.34. The third-order valence-corrected chi connectivity index (χ3v) is 3.95. The SMILES string of the molecule is CCCC(C)(CC)OC(C)COC(=O)/C=C\C(=O)C(C)CC. The lowest BCUT2D eigenvalue weighted by Crippen LogP contribution is -2.34. The van der Waals surface area contributed by atoms with Gasteiger partial charge in [-0.2, -0.15) is 0 Å². The van der Waals surface area contributed by atoms with Crippen LogP contribution in [0.25, 0.3) is 0 Å². The lowest BCUT2D eigenvalue weighted by molar-refractivity contribution is -0.149. The molecule has 0 fully saturated rings. The highest BCUT2D eigenvalue weighted by molar-refractivity contribution is 5.96. The van der Waals surface area contributed by atoms with Crippen LogP contribution in [0.1, 0.15) is 67.2 Å². The molecule has 0 aromatic carbocycles. The molecule has 0 saturated carbocycles. The van der Waals surface area contributed by atoms with Crippen molar-refractivity contribution in [1.29, 1.82) is 0 Å². The summed E-state index contributed by atoms with van der Waals surface area (Å²) < 4.78 is 11.1. The molecular weight excluding hydrogens is 280 g/mol. The van der Waals surface area contributed by atoms with E-state index in [9.17, 15) is 9.59 Å². The van der Waals surface area contributed by atoms with Crippen LogP contribution in [0.4, 0.5) is 0 Å². The van der Waals surface area contributed by atoms with Gasteiger partial charge in [0.25, 0.3) is 0 Å². The van der Waals surface area contributed by atoms with Crippen LogP contribution >= 0.6 is 0 Å². The maximum atomic E-state index is 11.6. The highest BCUT2D eigenvalue weighted by Gasteiger charge is 2.24. The highest BCUT2D eigenvalue weighted by atomic mass is 16.6. The smallest absolute Gasteiger partial charge is 0.330 e. The van der Waals surface area contributed by atoms with Crippen LogP contribution in [-0.4, -0.2) is 30.1 Å². The molecule has 0 spiro atoms. The van der Waals surface area contributed by atoms with E-state index in [-0.39, 0.29) is 30.0 Å². The molecule has 0 N–H and O–H groups in total. The number of ketones is 1. The third-order valence-electron chi connectivity index (χ3n) is 3.95. The Morgan fingerprint density at radius 1 is 1.14 bits per heavy atom. The van der Waals surface area contributed by atoms with Gasteiger partial charge in [-0.25, -0.2) is 4.79 Å². The molecule has 0 aliphatic heterocycles. The van der Waals surface area contributed by atoms with Crippen LogP contribution < -0.4 is 0 Å². The molecule has 0 amide bonds. The summed E-state index contributed by atoms with van der Waals surface area (Å²) in [7, 11) is 0. The Kier molecular flexibility index (Phi) is 9.99. The van der Waals surface area contributed by atoms with Gasteiger partial charge in [0.05, 0.1) is 11.7 Å². The molecule has 4 heteroatoms. The normalized spacial score (nSPS) is 17.0. The maximum absolute atomic E-state index is 11.6. The van der Waals surface area contributed by atoms with E-state index < -0.39 is 5.97 Å². The van der Waals surface area contributed by atoms with Crippen molar-refractivity contribution in [1.82, 2.24) is 0 Å². The number of esters is 1. The molecule has 3 atom stereocenters. The molecule has 0 heterocycles. The van der Waals surface area contributed by atoms with Crippen LogP contribution in [0.3, 0.4) is 0 Å². The maximum Gasteiger partial charge on any atom is 0.330 e. The van der Waals surface area contributed by atoms with Gasteiger partial charge in [0.1, 0.15) is 6.61 Å². The zero-order valence-electron chi connectivity index (χ0n) is 15.0. The van der Waals surface area contributed by atoms with Gasteiger partial charge in [-0.15, -0.1) is 0 Å². The predicted octanol–water partition coefficient (Wildman–Crippen LogP) is 4.07. The summed E-state index contributed by atoms with van der Waals surface area (Å²) in [5.74, 6) is -0.614. The summed E-state index contributed by atoms with van der Waals surface area (Å²) in [6.45, 7) is 12.2. The molecule has 0 radical (unpaired) electrons. The monoisotopic (exact) mass is 312 g/mol. The van der Waals surface area contributed by atoms with E-state index in [0.717, 1.165) is 25.7 Å². The molecule has 0 aliphatic rings. The summed E-state index contributed by atoms with van der Waals surface area (Å²) >= 11 is 0. The number of rotatable bonds is 11. The minimum absolute atomic E-state index is 0.0507. The molecule has 0 aromatic heterocycles. The first kappa shape index (κ1) is 20.8. The summed E-state index contributed by atoms with van der Waals surface area (Å²) in [6, 6.07) is 0. The summed E-state index contributed by atoms with van der Waals surface area (Å²) in [4.78, 5) is 23.2. The zero-order chi connectivity index (χ0) is 17.2. The van der Waals surface area contributed by atoms with Crippen molar-refractivity contribution >= 4 is 11.8 Å². The number of hydrogen-bond donors (Lipinski definition) is 0. The van der Waals surface area contributed by atoms with Gasteiger partial charge in [-0.05, 0) is 39.2 Å². The second kappa shape index (κ2) is 10.5. The van der Waals surface area contributed by atoms with E-state index in [1.54, 1.807) is 0 Å². The van der Waals surface area contributed by atoms with Crippen molar-refractivity contribution in [3.8, 4) is 0 Å². The van der Waals surface area contributed by atoms with E-state index in [1.165, 1.54) is 12.2 Å². The van der Waals surface area contributed by atoms with E-state index >= 15 is 0 Å². The van der Waals surface area contributed by atoms with Crippen LogP contribution in [0.5, 0.6) is 0 Å². The minimum atomic E-state index is -0.499. The second-order valence-electron chi connectivity index (χ2n) is 6.16. The van der Waals surface area contributed by atoms with E-state index in [4.69, 9.17) is 9.47 Å². The van der Waals surface area contributed by atoms with Crippen LogP contribution in [-0.2, 0) is 19.1 Å². The Balaban J connectivity index is 4.24. The Morgan fingerprint density at radius 3 is 2.27 bits per heavy atom. The Morgan fingerprint density at radius 2 is 1.77 bits per heavy atom. The molecule has 0 aromatic rings. The van der Waals surface area contributed by atoms with Gasteiger partial charge in [0, 0.05) is 12.0 Å². The zero-order valence-corrected chi connectivity index (χ0v) is 15.0. The lowest BCUT2D eigenvalue weighted by atomic mass is 9.97. The topological polar surface area (TPSA) is 52.6 Å². The van der Waals surface area contributed by atoms with Crippen molar-refractivity contribution in [2.24, 2.45) is 5.92 Å². The average molecular weight is 312 g/mol. The second-order valence-corrected chi connectivity index (χ2v) is 6.16. The highest BCUT2D eigenvalue weighted by Crippen LogP contribution is 2.23. The van der Waals surface area contributed by atoms with Crippen LogP contribution in [0, 0.1) is 5.92 Å². The quantitative estimate of drug-likeness (QED) is 0.426. The first-order chi connectivity index (χ1) is 10.3. The van der Waals surface area contributed by atoms with Gasteiger partial charge in [-0.1, -0.05) is 34.1 Å². The Hall–Kier alpha value is -1.16. The molecular formula is C18H32O4. The Bertz CT molecular complexity index is 375.